The number of para-hydroxylation sites is 3. The average molecular weight is 448 g/mol. The van der Waals surface area contributed by atoms with Crippen LogP contribution in [0.5, 0.6) is 0 Å². The van der Waals surface area contributed by atoms with E-state index in [1.54, 1.807) is 24.3 Å². The van der Waals surface area contributed by atoms with E-state index in [-0.39, 0.29) is 36.6 Å². The Morgan fingerprint density at radius 1 is 1.12 bits per heavy atom. The van der Waals surface area contributed by atoms with E-state index in [1.807, 2.05) is 35.9 Å². The number of carbonyl (C=O) groups excluding carboxylic acids is 3. The summed E-state index contributed by atoms with van der Waals surface area (Å²) in [7, 11) is 1.95. The van der Waals surface area contributed by atoms with Crippen molar-refractivity contribution in [3.05, 3.63) is 59.9 Å². The Labute approximate surface area is 192 Å². The third-order valence-corrected chi connectivity index (χ3v) is 5.89. The highest BCUT2D eigenvalue weighted by Gasteiger charge is 2.28. The molecule has 2 heterocycles. The van der Waals surface area contributed by atoms with Gasteiger partial charge in [0.15, 0.2) is 0 Å². The lowest BCUT2D eigenvalue weighted by atomic mass is 10.0. The molecule has 0 unspecified atom stereocenters. The Morgan fingerprint density at radius 3 is 2.61 bits per heavy atom. The monoisotopic (exact) mass is 447 g/mol. The van der Waals surface area contributed by atoms with Crippen LogP contribution in [0.15, 0.2) is 48.5 Å². The van der Waals surface area contributed by atoms with E-state index in [9.17, 15) is 14.4 Å². The molecule has 1 aliphatic heterocycles. The number of nitrogens with zero attached hydrogens (tertiary/aromatic N) is 2. The summed E-state index contributed by atoms with van der Waals surface area (Å²) in [5, 5.41) is 8.61. The van der Waals surface area contributed by atoms with Gasteiger partial charge in [-0.15, -0.1) is 0 Å². The van der Waals surface area contributed by atoms with Gasteiger partial charge >= 0.3 is 0 Å². The van der Waals surface area contributed by atoms with E-state index in [2.05, 4.69) is 29.8 Å². The van der Waals surface area contributed by atoms with Gasteiger partial charge in [-0.25, -0.2) is 4.98 Å². The van der Waals surface area contributed by atoms with Crippen LogP contribution >= 0.6 is 0 Å². The van der Waals surface area contributed by atoms with E-state index in [0.717, 1.165) is 23.3 Å². The number of fused-ring (bicyclic) bond motifs is 2. The van der Waals surface area contributed by atoms with Crippen molar-refractivity contribution >= 4 is 34.4 Å². The minimum atomic E-state index is -0.782. The zero-order valence-corrected chi connectivity index (χ0v) is 19.1. The van der Waals surface area contributed by atoms with Crippen molar-refractivity contribution in [2.24, 2.45) is 13.0 Å². The van der Waals surface area contributed by atoms with Gasteiger partial charge in [0.2, 0.25) is 11.8 Å². The molecular weight excluding hydrogens is 418 g/mol. The van der Waals surface area contributed by atoms with Crippen LogP contribution in [0.1, 0.15) is 55.3 Å². The molecule has 0 fully saturated rings. The molecular formula is C25H29N5O3. The number of imidazole rings is 1. The number of hydrogen-bond donors (Lipinski definition) is 3. The van der Waals surface area contributed by atoms with Crippen LogP contribution in [0.4, 0.5) is 5.69 Å². The van der Waals surface area contributed by atoms with Crippen molar-refractivity contribution in [3.63, 3.8) is 0 Å². The molecule has 0 saturated heterocycles. The molecule has 33 heavy (non-hydrogen) atoms. The van der Waals surface area contributed by atoms with E-state index >= 15 is 0 Å². The molecule has 1 aliphatic rings. The van der Waals surface area contributed by atoms with Crippen molar-refractivity contribution < 1.29 is 14.4 Å². The lowest BCUT2D eigenvalue weighted by molar-refractivity contribution is -0.122. The summed E-state index contributed by atoms with van der Waals surface area (Å²) in [4.78, 5) is 42.7. The summed E-state index contributed by atoms with van der Waals surface area (Å²) in [6.45, 7) is 4.20. The van der Waals surface area contributed by atoms with E-state index in [0.29, 0.717) is 17.2 Å². The minimum Gasteiger partial charge on any atom is -0.346 e. The molecule has 4 rings (SSSR count). The predicted octanol–water partition coefficient (Wildman–Crippen LogP) is 3.31. The molecule has 172 valence electrons. The van der Waals surface area contributed by atoms with Crippen LogP contribution < -0.4 is 16.0 Å². The summed E-state index contributed by atoms with van der Waals surface area (Å²) in [5.41, 5.74) is 2.78. The fraction of sp³-hybridized carbons (Fsp3) is 0.360. The number of rotatable bonds is 7. The Kier molecular flexibility index (Phi) is 6.44. The zero-order valence-electron chi connectivity index (χ0n) is 19.1. The molecule has 0 bridgehead atoms. The van der Waals surface area contributed by atoms with Crippen LogP contribution in [-0.4, -0.2) is 33.3 Å². The predicted molar refractivity (Wildman–Crippen MR) is 127 cm³/mol. The molecule has 0 radical (unpaired) electrons. The van der Waals surface area contributed by atoms with Crippen LogP contribution in [0.25, 0.3) is 11.0 Å². The zero-order chi connectivity index (χ0) is 23.5. The molecule has 3 N–H and O–H groups in total. The number of amides is 3. The van der Waals surface area contributed by atoms with Crippen molar-refractivity contribution in [1.82, 2.24) is 20.2 Å². The van der Waals surface area contributed by atoms with Gasteiger partial charge in [0.25, 0.3) is 5.91 Å². The molecule has 8 heteroatoms. The van der Waals surface area contributed by atoms with Gasteiger partial charge in [-0.1, -0.05) is 38.1 Å². The van der Waals surface area contributed by atoms with Gasteiger partial charge in [0.05, 0.1) is 28.3 Å². The van der Waals surface area contributed by atoms with Gasteiger partial charge in [-0.3, -0.25) is 14.4 Å². The number of hydrogen-bond acceptors (Lipinski definition) is 4. The topological polar surface area (TPSA) is 105 Å². The third-order valence-electron chi connectivity index (χ3n) is 5.89. The van der Waals surface area contributed by atoms with Crippen molar-refractivity contribution in [3.8, 4) is 0 Å². The van der Waals surface area contributed by atoms with E-state index in [4.69, 9.17) is 4.98 Å². The number of benzene rings is 2. The van der Waals surface area contributed by atoms with Crippen LogP contribution in [0.3, 0.4) is 0 Å². The SMILES string of the molecule is CC(C)C[C@H](NC(=O)CC[C@H]1NC(=O)c2ccccc2NC1=O)c1nc2ccccc2n1C. The standard InChI is InChI=1S/C25H29N5O3/c1-15(2)14-20(23-27-18-10-6-7-11-21(18)30(23)3)26-22(31)13-12-19-25(33)28-17-9-5-4-8-16(17)24(32)29-19/h4-11,15,19-20H,12-14H2,1-3H3,(H,26,31)(H,28,33)(H,29,32)/t19-,20+/m1/s1. The number of aryl methyl sites for hydroxylation is 1. The molecule has 3 aromatic rings. The van der Waals surface area contributed by atoms with Crippen molar-refractivity contribution in [2.45, 2.75) is 45.2 Å². The number of carbonyl (C=O) groups is 3. The fourth-order valence-electron chi connectivity index (χ4n) is 4.23. The van der Waals surface area contributed by atoms with Gasteiger partial charge in [-0.05, 0) is 43.0 Å². The van der Waals surface area contributed by atoms with Crippen LogP contribution in [0, 0.1) is 5.92 Å². The van der Waals surface area contributed by atoms with Gasteiger partial charge in [0, 0.05) is 13.5 Å². The molecule has 2 aromatic carbocycles. The summed E-state index contributed by atoms with van der Waals surface area (Å²) in [6, 6.07) is 13.7. The molecule has 0 spiro atoms. The van der Waals surface area contributed by atoms with Gasteiger partial charge < -0.3 is 20.5 Å². The Balaban J connectivity index is 1.44. The largest absolute Gasteiger partial charge is 0.346 e. The second-order valence-corrected chi connectivity index (χ2v) is 8.87. The maximum Gasteiger partial charge on any atom is 0.254 e. The second kappa shape index (κ2) is 9.44. The normalized spacial score (nSPS) is 16.7. The van der Waals surface area contributed by atoms with Gasteiger partial charge in [-0.2, -0.15) is 0 Å². The second-order valence-electron chi connectivity index (χ2n) is 8.87. The van der Waals surface area contributed by atoms with Gasteiger partial charge in [0.1, 0.15) is 11.9 Å². The molecule has 0 aliphatic carbocycles. The lowest BCUT2D eigenvalue weighted by Gasteiger charge is -2.21. The number of anilines is 1. The quantitative estimate of drug-likeness (QED) is 0.517. The van der Waals surface area contributed by atoms with Crippen LogP contribution in [0.2, 0.25) is 0 Å². The molecule has 3 amide bonds. The first kappa shape index (κ1) is 22.5. The summed E-state index contributed by atoms with van der Waals surface area (Å²) >= 11 is 0. The first-order valence-corrected chi connectivity index (χ1v) is 11.2. The highest BCUT2D eigenvalue weighted by atomic mass is 16.2. The maximum atomic E-state index is 12.9. The highest BCUT2D eigenvalue weighted by molar-refractivity contribution is 6.09. The maximum absolute atomic E-state index is 12.9. The van der Waals surface area contributed by atoms with E-state index in [1.165, 1.54) is 0 Å². The Morgan fingerprint density at radius 2 is 1.85 bits per heavy atom. The van der Waals surface area contributed by atoms with E-state index < -0.39 is 6.04 Å². The number of nitrogens with one attached hydrogen (secondary N) is 3. The highest BCUT2D eigenvalue weighted by Crippen LogP contribution is 2.25. The lowest BCUT2D eigenvalue weighted by Crippen LogP contribution is -2.42. The fourth-order valence-corrected chi connectivity index (χ4v) is 4.23. The molecule has 2 atom stereocenters. The average Bonchev–Trinajstić information content (AvgIpc) is 3.06. The summed E-state index contributed by atoms with van der Waals surface area (Å²) in [6.07, 6.45) is 1.04. The van der Waals surface area contributed by atoms with Crippen molar-refractivity contribution in [1.29, 1.82) is 0 Å². The van der Waals surface area contributed by atoms with Crippen LogP contribution in [-0.2, 0) is 16.6 Å². The Hall–Kier alpha value is -3.68. The smallest absolute Gasteiger partial charge is 0.254 e. The Bertz CT molecular complexity index is 1200. The molecule has 0 saturated carbocycles. The van der Waals surface area contributed by atoms with Crippen molar-refractivity contribution in [2.75, 3.05) is 5.32 Å². The first-order valence-electron chi connectivity index (χ1n) is 11.2. The summed E-state index contributed by atoms with van der Waals surface area (Å²) < 4.78 is 2.01. The number of aromatic nitrogens is 2. The summed E-state index contributed by atoms with van der Waals surface area (Å²) in [5.74, 6) is 0.313. The first-order chi connectivity index (χ1) is 15.8. The molecule has 1 aromatic heterocycles. The third kappa shape index (κ3) is 4.89. The molecule has 8 nitrogen and oxygen atoms in total. The minimum absolute atomic E-state index is 0.104.